The van der Waals surface area contributed by atoms with Crippen molar-refractivity contribution in [2.75, 3.05) is 0 Å². The first-order valence-corrected chi connectivity index (χ1v) is 3.68. The van der Waals surface area contributed by atoms with E-state index in [0.29, 0.717) is 0 Å². The summed E-state index contributed by atoms with van der Waals surface area (Å²) in [4.78, 5) is 4.14. The first-order valence-electron chi connectivity index (χ1n) is 2.98. The van der Waals surface area contributed by atoms with Gasteiger partial charge < -0.3 is 0 Å². The van der Waals surface area contributed by atoms with Crippen LogP contribution in [-0.2, 0) is 6.42 Å². The molecule has 0 aromatic carbocycles. The fraction of sp³-hybridized carbons (Fsp3) is 0.286. The van der Waals surface area contributed by atoms with Gasteiger partial charge in [-0.3, -0.25) is 4.98 Å². The van der Waals surface area contributed by atoms with E-state index < -0.39 is 0 Å². The molecule has 0 unspecified atom stereocenters. The molecule has 9 heavy (non-hydrogen) atoms. The van der Waals surface area contributed by atoms with Crippen LogP contribution in [0, 0.1) is 0 Å². The Bertz CT molecular complexity index is 162. The average molecular weight is 134 g/mol. The molecule has 1 aromatic rings. The zero-order valence-electron chi connectivity index (χ0n) is 5.17. The van der Waals surface area contributed by atoms with Gasteiger partial charge in [0, 0.05) is 22.1 Å². The number of rotatable bonds is 2. The lowest BCUT2D eigenvalue weighted by molar-refractivity contribution is 1.03. The van der Waals surface area contributed by atoms with Gasteiger partial charge in [-0.05, 0) is 18.6 Å². The van der Waals surface area contributed by atoms with Gasteiger partial charge in [-0.2, -0.15) is 0 Å². The van der Waals surface area contributed by atoms with Gasteiger partial charge in [0.25, 0.3) is 0 Å². The molecule has 0 bridgehead atoms. The molecule has 0 spiro atoms. The van der Waals surface area contributed by atoms with E-state index in [1.54, 1.807) is 0 Å². The molecule has 0 aliphatic heterocycles. The van der Waals surface area contributed by atoms with Gasteiger partial charge in [-0.15, -0.1) is 0 Å². The molecule has 1 heterocycles. The van der Waals surface area contributed by atoms with E-state index >= 15 is 0 Å². The Hall–Kier alpha value is -0.633. The van der Waals surface area contributed by atoms with Gasteiger partial charge in [0.2, 0.25) is 0 Å². The predicted octanol–water partition coefficient (Wildman–Crippen LogP) is 1.21. The number of hydrogen-bond acceptors (Lipinski definition) is 1. The highest BCUT2D eigenvalue weighted by Crippen LogP contribution is 1.95. The van der Waals surface area contributed by atoms with Crippen LogP contribution in [0.15, 0.2) is 24.4 Å². The fourth-order valence-electron chi connectivity index (χ4n) is 0.674. The third-order valence-corrected chi connectivity index (χ3v) is 1.36. The molecule has 0 saturated heterocycles. The van der Waals surface area contributed by atoms with E-state index in [2.05, 4.69) is 15.2 Å². The Balaban J connectivity index is 2.61. The second-order valence-corrected chi connectivity index (χ2v) is 2.32. The number of pyridine rings is 1. The summed E-state index contributed by atoms with van der Waals surface area (Å²) in [5, 5.41) is 0. The highest BCUT2D eigenvalue weighted by atomic mass is 28.1. The standard InChI is InChI=1S/C7H8NSi/c9-6-4-7-3-1-2-5-8-7/h1-3,5H,4,6H2. The summed E-state index contributed by atoms with van der Waals surface area (Å²) < 4.78 is 0. The highest BCUT2D eigenvalue weighted by molar-refractivity contribution is 6.08. The second-order valence-electron chi connectivity index (χ2n) is 1.82. The SMILES string of the molecule is [Si]CCc1ccccn1. The van der Waals surface area contributed by atoms with Gasteiger partial charge in [-0.25, -0.2) is 0 Å². The van der Waals surface area contributed by atoms with Crippen LogP contribution in [0.25, 0.3) is 0 Å². The molecule has 3 radical (unpaired) electrons. The third kappa shape index (κ3) is 1.97. The Morgan fingerprint density at radius 1 is 1.44 bits per heavy atom. The molecule has 45 valence electrons. The minimum atomic E-state index is 0.983. The van der Waals surface area contributed by atoms with Crippen LogP contribution < -0.4 is 0 Å². The Morgan fingerprint density at radius 3 is 2.89 bits per heavy atom. The van der Waals surface area contributed by atoms with Crippen molar-refractivity contribution in [2.24, 2.45) is 0 Å². The van der Waals surface area contributed by atoms with Crippen LogP contribution in [0.5, 0.6) is 0 Å². The van der Waals surface area contributed by atoms with Crippen LogP contribution in [-0.4, -0.2) is 15.2 Å². The Labute approximate surface area is 58.6 Å². The van der Waals surface area contributed by atoms with Gasteiger partial charge in [0.15, 0.2) is 0 Å². The van der Waals surface area contributed by atoms with E-state index in [4.69, 9.17) is 0 Å². The number of hydrogen-bond donors (Lipinski definition) is 0. The quantitative estimate of drug-likeness (QED) is 0.554. The molecule has 0 N–H and O–H groups in total. The molecule has 1 nitrogen and oxygen atoms in total. The minimum Gasteiger partial charge on any atom is -0.261 e. The molecular formula is C7H8NSi. The monoisotopic (exact) mass is 134 g/mol. The van der Waals surface area contributed by atoms with Crippen LogP contribution in [0.2, 0.25) is 6.04 Å². The van der Waals surface area contributed by atoms with E-state index in [1.165, 1.54) is 0 Å². The van der Waals surface area contributed by atoms with Gasteiger partial charge in [0.05, 0.1) is 0 Å². The van der Waals surface area contributed by atoms with E-state index in [1.807, 2.05) is 24.4 Å². The van der Waals surface area contributed by atoms with Crippen molar-refractivity contribution >= 4 is 10.2 Å². The van der Waals surface area contributed by atoms with E-state index in [-0.39, 0.29) is 0 Å². The summed E-state index contributed by atoms with van der Waals surface area (Å²) in [7, 11) is 3.39. The number of nitrogens with zero attached hydrogens (tertiary/aromatic N) is 1. The molecule has 0 atom stereocenters. The zero-order valence-corrected chi connectivity index (χ0v) is 6.17. The fourth-order valence-corrected chi connectivity index (χ4v) is 0.930. The van der Waals surface area contributed by atoms with E-state index in [0.717, 1.165) is 18.2 Å². The molecule has 2 heteroatoms. The Kier molecular flexibility index (Phi) is 2.45. The summed E-state index contributed by atoms with van der Waals surface area (Å²) in [6.07, 6.45) is 2.83. The maximum atomic E-state index is 4.14. The summed E-state index contributed by atoms with van der Waals surface area (Å²) >= 11 is 0. The second kappa shape index (κ2) is 3.40. The summed E-state index contributed by atoms with van der Waals surface area (Å²) in [5.41, 5.74) is 1.15. The lowest BCUT2D eigenvalue weighted by atomic mass is 10.3. The van der Waals surface area contributed by atoms with Crippen molar-refractivity contribution in [3.63, 3.8) is 0 Å². The third-order valence-electron chi connectivity index (χ3n) is 1.11. The minimum absolute atomic E-state index is 0.983. The molecular weight excluding hydrogens is 126 g/mol. The average Bonchev–Trinajstić information content (AvgIpc) is 1.91. The van der Waals surface area contributed by atoms with Crippen molar-refractivity contribution in [3.05, 3.63) is 30.1 Å². The maximum Gasteiger partial charge on any atom is 0.0400 e. The van der Waals surface area contributed by atoms with Gasteiger partial charge in [-0.1, -0.05) is 12.1 Å². The van der Waals surface area contributed by atoms with Gasteiger partial charge in [0.1, 0.15) is 0 Å². The first kappa shape index (κ1) is 6.49. The first-order chi connectivity index (χ1) is 4.43. The highest BCUT2D eigenvalue weighted by Gasteiger charge is 1.86. The van der Waals surface area contributed by atoms with Crippen molar-refractivity contribution in [3.8, 4) is 0 Å². The summed E-state index contributed by atoms with van der Waals surface area (Å²) in [6.45, 7) is 0. The maximum absolute atomic E-state index is 4.14. The van der Waals surface area contributed by atoms with Crippen molar-refractivity contribution < 1.29 is 0 Å². The lowest BCUT2D eigenvalue weighted by Crippen LogP contribution is -1.86. The molecule has 0 aliphatic rings. The van der Waals surface area contributed by atoms with Crippen molar-refractivity contribution in [2.45, 2.75) is 12.5 Å². The predicted molar refractivity (Wildman–Crippen MR) is 38.5 cm³/mol. The molecule has 0 aliphatic carbocycles. The van der Waals surface area contributed by atoms with E-state index in [9.17, 15) is 0 Å². The summed E-state index contributed by atoms with van der Waals surface area (Å²) in [6, 6.07) is 6.94. The van der Waals surface area contributed by atoms with Crippen LogP contribution in [0.1, 0.15) is 5.69 Å². The van der Waals surface area contributed by atoms with Crippen LogP contribution in [0.4, 0.5) is 0 Å². The van der Waals surface area contributed by atoms with Crippen LogP contribution in [0.3, 0.4) is 0 Å². The largest absolute Gasteiger partial charge is 0.261 e. The zero-order chi connectivity index (χ0) is 6.53. The van der Waals surface area contributed by atoms with Gasteiger partial charge >= 0.3 is 0 Å². The number of aromatic nitrogens is 1. The molecule has 0 amide bonds. The molecule has 0 fully saturated rings. The smallest absolute Gasteiger partial charge is 0.0400 e. The number of aryl methyl sites for hydroxylation is 1. The lowest BCUT2D eigenvalue weighted by Gasteiger charge is -1.92. The molecule has 1 aromatic heterocycles. The Morgan fingerprint density at radius 2 is 2.33 bits per heavy atom. The summed E-state index contributed by atoms with van der Waals surface area (Å²) in [5.74, 6) is 0. The van der Waals surface area contributed by atoms with Crippen LogP contribution >= 0.6 is 0 Å². The normalized spacial score (nSPS) is 9.44. The van der Waals surface area contributed by atoms with Crippen molar-refractivity contribution in [1.82, 2.24) is 4.98 Å². The molecule has 0 saturated carbocycles. The van der Waals surface area contributed by atoms with Crippen molar-refractivity contribution in [1.29, 1.82) is 0 Å². The molecule has 1 rings (SSSR count). The topological polar surface area (TPSA) is 12.9 Å².